The molecule has 108 valence electrons. The predicted octanol–water partition coefficient (Wildman–Crippen LogP) is 3.89. The quantitative estimate of drug-likeness (QED) is 0.697. The van der Waals surface area contributed by atoms with Crippen LogP contribution in [0.1, 0.15) is 52.9 Å². The van der Waals surface area contributed by atoms with Crippen LogP contribution < -0.4 is 10.1 Å². The lowest BCUT2D eigenvalue weighted by molar-refractivity contribution is 0.225. The summed E-state index contributed by atoms with van der Waals surface area (Å²) in [5.74, 6) is 2.14. The van der Waals surface area contributed by atoms with Gasteiger partial charge in [0.2, 0.25) is 5.88 Å². The molecule has 4 nitrogen and oxygen atoms in total. The van der Waals surface area contributed by atoms with E-state index in [1.807, 2.05) is 6.07 Å². The highest BCUT2D eigenvalue weighted by Crippen LogP contribution is 2.16. The molecule has 0 aliphatic rings. The SMILES string of the molecule is CCCCC(CC)COc1cc(NCCC)ncn1. The average Bonchev–Trinajstić information content (AvgIpc) is 2.46. The molecule has 0 radical (unpaired) electrons. The molecule has 0 bridgehead atoms. The summed E-state index contributed by atoms with van der Waals surface area (Å²) in [4.78, 5) is 8.33. The summed E-state index contributed by atoms with van der Waals surface area (Å²) in [6.45, 7) is 8.25. The standard InChI is InChI=1S/C15H27N3O/c1-4-7-8-13(6-3)11-19-15-10-14(16-9-5-2)17-12-18-15/h10,12-13H,4-9,11H2,1-3H3,(H,16,17,18). The molecule has 0 fully saturated rings. The normalized spacial score (nSPS) is 12.2. The van der Waals surface area contributed by atoms with Gasteiger partial charge in [-0.2, -0.15) is 0 Å². The molecule has 0 aliphatic heterocycles. The monoisotopic (exact) mass is 265 g/mol. The number of nitrogens with zero attached hydrogens (tertiary/aromatic N) is 2. The van der Waals surface area contributed by atoms with Crippen molar-refractivity contribution in [3.05, 3.63) is 12.4 Å². The van der Waals surface area contributed by atoms with Crippen LogP contribution >= 0.6 is 0 Å². The molecule has 1 N–H and O–H groups in total. The van der Waals surface area contributed by atoms with Crippen LogP contribution in [-0.2, 0) is 0 Å². The molecule has 1 aromatic rings. The van der Waals surface area contributed by atoms with Gasteiger partial charge >= 0.3 is 0 Å². The van der Waals surface area contributed by atoms with Gasteiger partial charge in [-0.25, -0.2) is 9.97 Å². The van der Waals surface area contributed by atoms with E-state index in [1.165, 1.54) is 19.3 Å². The Bertz CT molecular complexity index is 344. The van der Waals surface area contributed by atoms with E-state index in [-0.39, 0.29) is 0 Å². The maximum atomic E-state index is 5.79. The molecule has 0 aromatic carbocycles. The first-order chi connectivity index (χ1) is 9.30. The summed E-state index contributed by atoms with van der Waals surface area (Å²) in [7, 11) is 0. The van der Waals surface area contributed by atoms with Crippen LogP contribution in [0.2, 0.25) is 0 Å². The van der Waals surface area contributed by atoms with E-state index < -0.39 is 0 Å². The number of anilines is 1. The van der Waals surface area contributed by atoms with Crippen molar-refractivity contribution in [2.75, 3.05) is 18.5 Å². The van der Waals surface area contributed by atoms with E-state index in [0.717, 1.165) is 31.8 Å². The second kappa shape index (κ2) is 9.59. The minimum Gasteiger partial charge on any atom is -0.477 e. The number of hydrogen-bond donors (Lipinski definition) is 1. The van der Waals surface area contributed by atoms with Gasteiger partial charge in [0.15, 0.2) is 0 Å². The van der Waals surface area contributed by atoms with E-state index in [0.29, 0.717) is 11.8 Å². The Hall–Kier alpha value is -1.32. The molecule has 1 unspecified atom stereocenters. The Morgan fingerprint density at radius 2 is 2.05 bits per heavy atom. The molecule has 0 amide bonds. The van der Waals surface area contributed by atoms with Crippen molar-refractivity contribution < 1.29 is 4.74 Å². The van der Waals surface area contributed by atoms with Crippen LogP contribution in [0, 0.1) is 5.92 Å². The molecule has 1 heterocycles. The molecule has 4 heteroatoms. The van der Waals surface area contributed by atoms with Gasteiger partial charge in [0, 0.05) is 12.6 Å². The Labute approximate surface area is 117 Å². The fourth-order valence-corrected chi connectivity index (χ4v) is 1.87. The zero-order valence-corrected chi connectivity index (χ0v) is 12.5. The first kappa shape index (κ1) is 15.7. The van der Waals surface area contributed by atoms with E-state index in [1.54, 1.807) is 6.33 Å². The Kier molecular flexibility index (Phi) is 7.94. The lowest BCUT2D eigenvalue weighted by Gasteiger charge is -2.15. The van der Waals surface area contributed by atoms with Gasteiger partial charge in [-0.3, -0.25) is 0 Å². The third-order valence-corrected chi connectivity index (χ3v) is 3.21. The zero-order valence-electron chi connectivity index (χ0n) is 12.5. The summed E-state index contributed by atoms with van der Waals surface area (Å²) in [5, 5.41) is 3.24. The van der Waals surface area contributed by atoms with Crippen LogP contribution in [0.15, 0.2) is 12.4 Å². The Morgan fingerprint density at radius 3 is 2.74 bits per heavy atom. The number of rotatable bonds is 10. The van der Waals surface area contributed by atoms with Gasteiger partial charge in [0.25, 0.3) is 0 Å². The van der Waals surface area contributed by atoms with Crippen molar-refractivity contribution in [3.8, 4) is 5.88 Å². The van der Waals surface area contributed by atoms with Gasteiger partial charge in [0.05, 0.1) is 6.61 Å². The first-order valence-corrected chi connectivity index (χ1v) is 7.48. The third-order valence-electron chi connectivity index (χ3n) is 3.21. The van der Waals surface area contributed by atoms with Gasteiger partial charge < -0.3 is 10.1 Å². The molecule has 1 rings (SSSR count). The highest BCUT2D eigenvalue weighted by Gasteiger charge is 2.07. The van der Waals surface area contributed by atoms with Crippen LogP contribution in [0.25, 0.3) is 0 Å². The molecule has 0 spiro atoms. The highest BCUT2D eigenvalue weighted by atomic mass is 16.5. The molecule has 0 aliphatic carbocycles. The summed E-state index contributed by atoms with van der Waals surface area (Å²) in [5.41, 5.74) is 0. The average molecular weight is 265 g/mol. The van der Waals surface area contributed by atoms with Crippen LogP contribution in [0.5, 0.6) is 5.88 Å². The second-order valence-corrected chi connectivity index (χ2v) is 4.90. The highest BCUT2D eigenvalue weighted by molar-refractivity contribution is 5.36. The second-order valence-electron chi connectivity index (χ2n) is 4.90. The molecular formula is C15H27N3O. The minimum absolute atomic E-state index is 0.627. The predicted molar refractivity (Wildman–Crippen MR) is 79.6 cm³/mol. The maximum Gasteiger partial charge on any atom is 0.218 e. The van der Waals surface area contributed by atoms with Crippen molar-refractivity contribution in [2.24, 2.45) is 5.92 Å². The lowest BCUT2D eigenvalue weighted by Crippen LogP contribution is -2.12. The number of hydrogen-bond acceptors (Lipinski definition) is 4. The Balaban J connectivity index is 2.42. The molecule has 0 saturated carbocycles. The summed E-state index contributed by atoms with van der Waals surface area (Å²) in [6.07, 6.45) is 7.55. The molecule has 0 saturated heterocycles. The fourth-order valence-electron chi connectivity index (χ4n) is 1.87. The van der Waals surface area contributed by atoms with Gasteiger partial charge in [-0.15, -0.1) is 0 Å². The topological polar surface area (TPSA) is 47.0 Å². The third kappa shape index (κ3) is 6.41. The zero-order chi connectivity index (χ0) is 13.9. The molecular weight excluding hydrogens is 238 g/mol. The maximum absolute atomic E-state index is 5.79. The van der Waals surface area contributed by atoms with Crippen LogP contribution in [0.4, 0.5) is 5.82 Å². The first-order valence-electron chi connectivity index (χ1n) is 7.48. The number of unbranched alkanes of at least 4 members (excludes halogenated alkanes) is 1. The van der Waals surface area contributed by atoms with Crippen molar-refractivity contribution in [1.82, 2.24) is 9.97 Å². The molecule has 1 atom stereocenters. The Morgan fingerprint density at radius 1 is 1.21 bits per heavy atom. The van der Waals surface area contributed by atoms with Crippen molar-refractivity contribution in [2.45, 2.75) is 52.9 Å². The molecule has 1 aromatic heterocycles. The van der Waals surface area contributed by atoms with E-state index in [9.17, 15) is 0 Å². The van der Waals surface area contributed by atoms with Crippen LogP contribution in [-0.4, -0.2) is 23.1 Å². The minimum atomic E-state index is 0.627. The van der Waals surface area contributed by atoms with Crippen molar-refractivity contribution in [1.29, 1.82) is 0 Å². The smallest absolute Gasteiger partial charge is 0.218 e. The van der Waals surface area contributed by atoms with Gasteiger partial charge in [0.1, 0.15) is 12.1 Å². The number of nitrogens with one attached hydrogen (secondary N) is 1. The van der Waals surface area contributed by atoms with Crippen molar-refractivity contribution >= 4 is 5.82 Å². The lowest BCUT2D eigenvalue weighted by atomic mass is 10.0. The van der Waals surface area contributed by atoms with Gasteiger partial charge in [-0.05, 0) is 18.8 Å². The fraction of sp³-hybridized carbons (Fsp3) is 0.733. The van der Waals surface area contributed by atoms with E-state index in [2.05, 4.69) is 36.1 Å². The molecule has 19 heavy (non-hydrogen) atoms. The van der Waals surface area contributed by atoms with E-state index >= 15 is 0 Å². The number of ether oxygens (including phenoxy) is 1. The van der Waals surface area contributed by atoms with Crippen molar-refractivity contribution in [3.63, 3.8) is 0 Å². The summed E-state index contributed by atoms with van der Waals surface area (Å²) in [6, 6.07) is 1.88. The summed E-state index contributed by atoms with van der Waals surface area (Å²) >= 11 is 0. The largest absolute Gasteiger partial charge is 0.477 e. The summed E-state index contributed by atoms with van der Waals surface area (Å²) < 4.78 is 5.79. The van der Waals surface area contributed by atoms with Crippen LogP contribution in [0.3, 0.4) is 0 Å². The van der Waals surface area contributed by atoms with E-state index in [4.69, 9.17) is 4.74 Å². The number of aromatic nitrogens is 2. The van der Waals surface area contributed by atoms with Gasteiger partial charge in [-0.1, -0.05) is 40.0 Å².